The summed E-state index contributed by atoms with van der Waals surface area (Å²) in [6, 6.07) is 20.2. The summed E-state index contributed by atoms with van der Waals surface area (Å²) in [5, 5.41) is 10.6. The van der Waals surface area contributed by atoms with E-state index in [1.165, 1.54) is 19.4 Å². The van der Waals surface area contributed by atoms with Crippen LogP contribution in [0.2, 0.25) is 0 Å². The van der Waals surface area contributed by atoms with E-state index < -0.39 is 26.6 Å². The zero-order chi connectivity index (χ0) is 27.7. The molecule has 0 aliphatic rings. The molecule has 2 heterocycles. The van der Waals surface area contributed by atoms with E-state index >= 15 is 0 Å². The molecule has 0 bridgehead atoms. The smallest absolute Gasteiger partial charge is 0.264 e. The van der Waals surface area contributed by atoms with Crippen molar-refractivity contribution in [1.82, 2.24) is 9.97 Å². The molecule has 5 aromatic rings. The summed E-state index contributed by atoms with van der Waals surface area (Å²) in [6.45, 7) is 0. The van der Waals surface area contributed by atoms with Crippen LogP contribution >= 0.6 is 0 Å². The first-order chi connectivity index (χ1) is 18.7. The van der Waals surface area contributed by atoms with E-state index in [-0.39, 0.29) is 17.4 Å². The van der Waals surface area contributed by atoms with Crippen molar-refractivity contribution < 1.29 is 21.9 Å². The Kier molecular flexibility index (Phi) is 6.55. The molecule has 3 N–H and O–H groups in total. The summed E-state index contributed by atoms with van der Waals surface area (Å²) < 4.78 is 60.8. The highest BCUT2D eigenvalue weighted by molar-refractivity contribution is 7.92. The number of ether oxygens (including phenoxy) is 1. The van der Waals surface area contributed by atoms with Gasteiger partial charge >= 0.3 is 0 Å². The second kappa shape index (κ2) is 10.00. The van der Waals surface area contributed by atoms with Gasteiger partial charge < -0.3 is 10.5 Å². The molecule has 8 nitrogen and oxygen atoms in total. The van der Waals surface area contributed by atoms with Crippen molar-refractivity contribution in [3.8, 4) is 34.2 Å². The standard InChI is InChI=1S/C28H19F2N5O3S/c1-38-28-24(35-39(36,37)25-10-8-19(29)13-22(25)30)12-18(15-33-28)17-7-9-23-20(11-17)21(14-31)26(27(32)34-23)16-5-3-2-4-6-16/h2-13,15,35H,1H3,(H2,32,34). The van der Waals surface area contributed by atoms with Crippen molar-refractivity contribution in [2.24, 2.45) is 0 Å². The summed E-state index contributed by atoms with van der Waals surface area (Å²) in [6.07, 6.45) is 1.46. The average Bonchev–Trinajstić information content (AvgIpc) is 2.92. The number of sulfonamides is 1. The third kappa shape index (κ3) is 4.81. The number of nitriles is 1. The molecule has 0 saturated heterocycles. The number of halogens is 2. The molecule has 0 aliphatic carbocycles. The second-order valence-electron chi connectivity index (χ2n) is 8.42. The van der Waals surface area contributed by atoms with E-state index in [1.807, 2.05) is 30.3 Å². The maximum Gasteiger partial charge on any atom is 0.264 e. The van der Waals surface area contributed by atoms with Crippen LogP contribution in [0, 0.1) is 23.0 Å². The number of methoxy groups -OCH3 is 1. The summed E-state index contributed by atoms with van der Waals surface area (Å²) >= 11 is 0. The summed E-state index contributed by atoms with van der Waals surface area (Å²) in [5.74, 6) is -2.00. The third-order valence-corrected chi connectivity index (χ3v) is 7.39. The van der Waals surface area contributed by atoms with Crippen LogP contribution < -0.4 is 15.2 Å². The minimum absolute atomic E-state index is 0.0656. The highest BCUT2D eigenvalue weighted by atomic mass is 32.2. The Labute approximate surface area is 222 Å². The van der Waals surface area contributed by atoms with Crippen LogP contribution in [0.15, 0.2) is 83.9 Å². The lowest BCUT2D eigenvalue weighted by Crippen LogP contribution is -2.15. The molecular weight excluding hydrogens is 524 g/mol. The lowest BCUT2D eigenvalue weighted by Gasteiger charge is -2.14. The number of benzene rings is 3. The molecule has 0 atom stereocenters. The number of nitrogens with two attached hydrogens (primary N) is 1. The Bertz CT molecular complexity index is 1890. The van der Waals surface area contributed by atoms with Crippen LogP contribution in [-0.4, -0.2) is 25.5 Å². The van der Waals surface area contributed by atoms with Gasteiger partial charge in [0.2, 0.25) is 5.88 Å². The molecule has 0 unspecified atom stereocenters. The molecule has 0 fully saturated rings. The van der Waals surface area contributed by atoms with E-state index in [4.69, 9.17) is 10.5 Å². The van der Waals surface area contributed by atoms with Crippen LogP contribution in [0.1, 0.15) is 5.56 Å². The highest BCUT2D eigenvalue weighted by Gasteiger charge is 2.23. The zero-order valence-electron chi connectivity index (χ0n) is 20.3. The van der Waals surface area contributed by atoms with Gasteiger partial charge in [0.05, 0.1) is 18.2 Å². The lowest BCUT2D eigenvalue weighted by molar-refractivity contribution is 0.400. The average molecular weight is 544 g/mol. The fraction of sp³-hybridized carbons (Fsp3) is 0.0357. The summed E-state index contributed by atoms with van der Waals surface area (Å²) in [5.41, 5.74) is 9.29. The number of rotatable bonds is 6. The molecule has 194 valence electrons. The molecule has 0 radical (unpaired) electrons. The van der Waals surface area contributed by atoms with Crippen LogP contribution in [0.25, 0.3) is 33.2 Å². The van der Waals surface area contributed by atoms with Gasteiger partial charge in [-0.25, -0.2) is 27.2 Å². The van der Waals surface area contributed by atoms with Gasteiger partial charge in [0.1, 0.15) is 34.1 Å². The Morgan fingerprint density at radius 3 is 2.44 bits per heavy atom. The van der Waals surface area contributed by atoms with Gasteiger partial charge in [-0.15, -0.1) is 0 Å². The Morgan fingerprint density at radius 2 is 1.74 bits per heavy atom. The Hall–Kier alpha value is -5.08. The fourth-order valence-corrected chi connectivity index (χ4v) is 5.32. The van der Waals surface area contributed by atoms with Gasteiger partial charge in [0.15, 0.2) is 0 Å². The lowest BCUT2D eigenvalue weighted by atomic mass is 9.95. The number of nitrogens with one attached hydrogen (secondary N) is 1. The largest absolute Gasteiger partial charge is 0.480 e. The van der Waals surface area contributed by atoms with E-state index in [0.29, 0.717) is 39.2 Å². The molecule has 5 rings (SSSR count). The molecule has 39 heavy (non-hydrogen) atoms. The predicted molar refractivity (Wildman–Crippen MR) is 143 cm³/mol. The number of aromatic nitrogens is 2. The van der Waals surface area contributed by atoms with Gasteiger partial charge in [-0.2, -0.15) is 5.26 Å². The molecular formula is C28H19F2N5O3S. The minimum atomic E-state index is -4.46. The first-order valence-corrected chi connectivity index (χ1v) is 12.9. The molecule has 11 heteroatoms. The van der Waals surface area contributed by atoms with E-state index in [2.05, 4.69) is 20.8 Å². The first-order valence-electron chi connectivity index (χ1n) is 11.4. The van der Waals surface area contributed by atoms with Crippen LogP contribution in [0.5, 0.6) is 5.88 Å². The van der Waals surface area contributed by atoms with Crippen LogP contribution in [-0.2, 0) is 10.0 Å². The zero-order valence-corrected chi connectivity index (χ0v) is 21.1. The van der Waals surface area contributed by atoms with Crippen molar-refractivity contribution in [3.63, 3.8) is 0 Å². The number of hydrogen-bond acceptors (Lipinski definition) is 7. The van der Waals surface area contributed by atoms with Gasteiger partial charge in [0, 0.05) is 28.8 Å². The highest BCUT2D eigenvalue weighted by Crippen LogP contribution is 2.36. The number of fused-ring (bicyclic) bond motifs is 1. The van der Waals surface area contributed by atoms with Gasteiger partial charge in [-0.3, -0.25) is 4.72 Å². The number of pyridine rings is 2. The molecule has 3 aromatic carbocycles. The van der Waals surface area contributed by atoms with Crippen molar-refractivity contribution in [2.45, 2.75) is 4.90 Å². The number of nitrogen functional groups attached to an aromatic ring is 1. The van der Waals surface area contributed by atoms with Gasteiger partial charge in [-0.1, -0.05) is 36.4 Å². The number of hydrogen-bond donors (Lipinski definition) is 2. The van der Waals surface area contributed by atoms with Crippen molar-refractivity contribution in [1.29, 1.82) is 5.26 Å². The van der Waals surface area contributed by atoms with Gasteiger partial charge in [0.25, 0.3) is 10.0 Å². The third-order valence-electron chi connectivity index (χ3n) is 5.99. The van der Waals surface area contributed by atoms with Gasteiger partial charge in [-0.05, 0) is 41.5 Å². The first kappa shape index (κ1) is 25.6. The normalized spacial score (nSPS) is 11.2. The van der Waals surface area contributed by atoms with Crippen molar-refractivity contribution in [2.75, 3.05) is 17.6 Å². The summed E-state index contributed by atoms with van der Waals surface area (Å²) in [4.78, 5) is 7.92. The Morgan fingerprint density at radius 1 is 0.974 bits per heavy atom. The fourth-order valence-electron chi connectivity index (χ4n) is 4.21. The van der Waals surface area contributed by atoms with E-state index in [1.54, 1.807) is 18.2 Å². The monoisotopic (exact) mass is 543 g/mol. The van der Waals surface area contributed by atoms with Crippen molar-refractivity contribution in [3.05, 3.63) is 96.2 Å². The molecule has 2 aromatic heterocycles. The maximum absolute atomic E-state index is 14.2. The number of anilines is 2. The predicted octanol–water partition coefficient (Wildman–Crippen LogP) is 5.51. The molecule has 0 aliphatic heterocycles. The topological polar surface area (TPSA) is 131 Å². The van der Waals surface area contributed by atoms with Crippen molar-refractivity contribution >= 4 is 32.4 Å². The molecule has 0 saturated carbocycles. The molecule has 0 spiro atoms. The van der Waals surface area contributed by atoms with E-state index in [9.17, 15) is 22.5 Å². The second-order valence-corrected chi connectivity index (χ2v) is 10.1. The van der Waals surface area contributed by atoms with Crippen LogP contribution in [0.4, 0.5) is 20.3 Å². The number of nitrogens with zero attached hydrogens (tertiary/aromatic N) is 3. The Balaban J connectivity index is 1.62. The summed E-state index contributed by atoms with van der Waals surface area (Å²) in [7, 11) is -3.16. The van der Waals surface area contributed by atoms with Crippen LogP contribution in [0.3, 0.4) is 0 Å². The quantitative estimate of drug-likeness (QED) is 0.289. The van der Waals surface area contributed by atoms with E-state index in [0.717, 1.165) is 17.7 Å². The SMILES string of the molecule is COc1ncc(-c2ccc3nc(N)c(-c4ccccc4)c(C#N)c3c2)cc1NS(=O)(=O)c1ccc(F)cc1F. The molecule has 0 amide bonds. The maximum atomic E-state index is 14.2. The minimum Gasteiger partial charge on any atom is -0.480 e.